The molecule has 0 atom stereocenters. The summed E-state index contributed by atoms with van der Waals surface area (Å²) in [6, 6.07) is 17.3. The number of nitrogens with one attached hydrogen (secondary N) is 1. The molecule has 1 N–H and O–H groups in total. The lowest BCUT2D eigenvalue weighted by atomic mass is 10.1. The van der Waals surface area contributed by atoms with Crippen molar-refractivity contribution in [2.45, 2.75) is 19.4 Å². The second-order valence-electron chi connectivity index (χ2n) is 6.43. The topological polar surface area (TPSA) is 69.9 Å². The lowest BCUT2D eigenvalue weighted by Gasteiger charge is -2.14. The normalized spacial score (nSPS) is 10.4. The Kier molecular flexibility index (Phi) is 6.79. The smallest absolute Gasteiger partial charge is 0.220 e. The van der Waals surface area contributed by atoms with Crippen LogP contribution in [-0.2, 0) is 17.8 Å². The quantitative estimate of drug-likeness (QED) is 0.587. The molecule has 1 amide bonds. The van der Waals surface area contributed by atoms with Crippen molar-refractivity contribution >= 4 is 5.91 Å². The number of carbonyl (C=O) groups is 1. The number of hydrogen-bond donors (Lipinski definition) is 1. The predicted molar refractivity (Wildman–Crippen MR) is 110 cm³/mol. The molecular formula is C23H25NO5. The second-order valence-corrected chi connectivity index (χ2v) is 6.43. The SMILES string of the molecule is COc1cc(OC)c(OC)cc1CNC(=O)CCc1ccc(-c2ccccc2)o1. The molecule has 0 saturated carbocycles. The fourth-order valence-electron chi connectivity index (χ4n) is 3.02. The van der Waals surface area contributed by atoms with Gasteiger partial charge in [0.05, 0.1) is 21.3 Å². The van der Waals surface area contributed by atoms with Crippen LogP contribution in [0.15, 0.2) is 59.0 Å². The van der Waals surface area contributed by atoms with E-state index >= 15 is 0 Å². The molecule has 1 heterocycles. The van der Waals surface area contributed by atoms with Crippen molar-refractivity contribution in [1.29, 1.82) is 0 Å². The standard InChI is InChI=1S/C23H25NO5/c1-26-20-14-22(28-3)21(27-2)13-17(20)15-24-23(25)12-10-18-9-11-19(29-18)16-7-5-4-6-8-16/h4-9,11,13-14H,10,12,15H2,1-3H3,(H,24,25). The number of benzene rings is 2. The Labute approximate surface area is 170 Å². The van der Waals surface area contributed by atoms with Gasteiger partial charge >= 0.3 is 0 Å². The first-order valence-corrected chi connectivity index (χ1v) is 9.34. The van der Waals surface area contributed by atoms with Gasteiger partial charge in [-0.05, 0) is 18.2 Å². The first-order chi connectivity index (χ1) is 14.1. The average molecular weight is 395 g/mol. The van der Waals surface area contributed by atoms with Gasteiger partial charge in [0, 0.05) is 36.6 Å². The van der Waals surface area contributed by atoms with Gasteiger partial charge in [-0.15, -0.1) is 0 Å². The second kappa shape index (κ2) is 9.68. The van der Waals surface area contributed by atoms with Crippen LogP contribution < -0.4 is 19.5 Å². The van der Waals surface area contributed by atoms with Crippen LogP contribution in [0.3, 0.4) is 0 Å². The Bertz CT molecular complexity index is 949. The summed E-state index contributed by atoms with van der Waals surface area (Å²) in [5.74, 6) is 3.30. The molecule has 1 aromatic heterocycles. The van der Waals surface area contributed by atoms with Gasteiger partial charge in [0.25, 0.3) is 0 Å². The van der Waals surface area contributed by atoms with Gasteiger partial charge in [-0.2, -0.15) is 0 Å². The number of aryl methyl sites for hydroxylation is 1. The van der Waals surface area contributed by atoms with Crippen molar-refractivity contribution in [2.75, 3.05) is 21.3 Å². The number of carbonyl (C=O) groups excluding carboxylic acids is 1. The predicted octanol–water partition coefficient (Wildman–Crippen LogP) is 4.22. The maximum absolute atomic E-state index is 12.3. The van der Waals surface area contributed by atoms with Crippen molar-refractivity contribution in [3.63, 3.8) is 0 Å². The number of hydrogen-bond acceptors (Lipinski definition) is 5. The summed E-state index contributed by atoms with van der Waals surface area (Å²) in [6.07, 6.45) is 0.860. The van der Waals surface area contributed by atoms with E-state index in [1.165, 1.54) is 0 Å². The van der Waals surface area contributed by atoms with Gasteiger partial charge in [-0.3, -0.25) is 4.79 Å². The van der Waals surface area contributed by atoms with Crippen LogP contribution in [0.2, 0.25) is 0 Å². The zero-order chi connectivity index (χ0) is 20.6. The molecule has 2 aromatic carbocycles. The van der Waals surface area contributed by atoms with E-state index < -0.39 is 0 Å². The van der Waals surface area contributed by atoms with Crippen molar-refractivity contribution in [3.05, 3.63) is 65.9 Å². The summed E-state index contributed by atoms with van der Waals surface area (Å²) in [4.78, 5) is 12.3. The molecule has 0 bridgehead atoms. The fourth-order valence-corrected chi connectivity index (χ4v) is 3.02. The third-order valence-corrected chi connectivity index (χ3v) is 4.58. The number of amides is 1. The van der Waals surface area contributed by atoms with Crippen molar-refractivity contribution in [1.82, 2.24) is 5.32 Å². The molecule has 6 nitrogen and oxygen atoms in total. The van der Waals surface area contributed by atoms with Crippen LogP contribution in [0.4, 0.5) is 0 Å². The Morgan fingerprint density at radius 1 is 0.897 bits per heavy atom. The number of furan rings is 1. The van der Waals surface area contributed by atoms with E-state index in [1.54, 1.807) is 33.5 Å². The summed E-state index contributed by atoms with van der Waals surface area (Å²) >= 11 is 0. The highest BCUT2D eigenvalue weighted by molar-refractivity contribution is 5.76. The molecule has 0 fully saturated rings. The van der Waals surface area contributed by atoms with Crippen LogP contribution >= 0.6 is 0 Å². The van der Waals surface area contributed by atoms with Crippen molar-refractivity contribution in [2.24, 2.45) is 0 Å². The molecule has 0 saturated heterocycles. The third kappa shape index (κ3) is 5.10. The van der Waals surface area contributed by atoms with Gasteiger partial charge in [0.1, 0.15) is 17.3 Å². The minimum atomic E-state index is -0.0699. The molecule has 152 valence electrons. The maximum Gasteiger partial charge on any atom is 0.220 e. The summed E-state index contributed by atoms with van der Waals surface area (Å²) < 4.78 is 21.8. The number of methoxy groups -OCH3 is 3. The largest absolute Gasteiger partial charge is 0.496 e. The van der Waals surface area contributed by atoms with Crippen LogP contribution in [0.25, 0.3) is 11.3 Å². The van der Waals surface area contributed by atoms with Crippen molar-refractivity contribution < 1.29 is 23.4 Å². The molecule has 0 aliphatic rings. The van der Waals surface area contributed by atoms with E-state index in [0.29, 0.717) is 36.6 Å². The molecular weight excluding hydrogens is 370 g/mol. The molecule has 0 spiro atoms. The molecule has 0 unspecified atom stereocenters. The summed E-state index contributed by atoms with van der Waals surface area (Å²) in [7, 11) is 4.71. The zero-order valence-electron chi connectivity index (χ0n) is 16.9. The van der Waals surface area contributed by atoms with Crippen molar-refractivity contribution in [3.8, 4) is 28.6 Å². The Morgan fingerprint density at radius 3 is 2.28 bits per heavy atom. The molecule has 3 aromatic rings. The van der Waals surface area contributed by atoms with Crippen LogP contribution in [0, 0.1) is 0 Å². The highest BCUT2D eigenvalue weighted by Crippen LogP contribution is 2.34. The van der Waals surface area contributed by atoms with E-state index in [9.17, 15) is 4.79 Å². The van der Waals surface area contributed by atoms with E-state index in [1.807, 2.05) is 42.5 Å². The lowest BCUT2D eigenvalue weighted by molar-refractivity contribution is -0.121. The van der Waals surface area contributed by atoms with Crippen LogP contribution in [0.1, 0.15) is 17.7 Å². The molecule has 3 rings (SSSR count). The Hall–Kier alpha value is -3.41. The fraction of sp³-hybridized carbons (Fsp3) is 0.261. The molecule has 0 radical (unpaired) electrons. The first-order valence-electron chi connectivity index (χ1n) is 9.34. The third-order valence-electron chi connectivity index (χ3n) is 4.58. The highest BCUT2D eigenvalue weighted by atomic mass is 16.5. The minimum absolute atomic E-state index is 0.0699. The summed E-state index contributed by atoms with van der Waals surface area (Å²) in [6.45, 7) is 0.329. The average Bonchev–Trinajstić information content (AvgIpc) is 3.25. The molecule has 6 heteroatoms. The molecule has 0 aliphatic heterocycles. The van der Waals surface area contributed by atoms with Gasteiger partial charge in [0.2, 0.25) is 5.91 Å². The lowest BCUT2D eigenvalue weighted by Crippen LogP contribution is -2.23. The number of rotatable bonds is 9. The maximum atomic E-state index is 12.3. The summed E-state index contributed by atoms with van der Waals surface area (Å²) in [5.41, 5.74) is 1.83. The van der Waals surface area contributed by atoms with E-state index in [4.69, 9.17) is 18.6 Å². The van der Waals surface area contributed by atoms with Gasteiger partial charge in [0.15, 0.2) is 11.5 Å². The first kappa shape index (κ1) is 20.3. The van der Waals surface area contributed by atoms with E-state index in [-0.39, 0.29) is 5.91 Å². The van der Waals surface area contributed by atoms with Crippen LogP contribution in [-0.4, -0.2) is 27.2 Å². The van der Waals surface area contributed by atoms with E-state index in [0.717, 1.165) is 22.6 Å². The van der Waals surface area contributed by atoms with Gasteiger partial charge < -0.3 is 23.9 Å². The molecule has 0 aliphatic carbocycles. The monoisotopic (exact) mass is 395 g/mol. The van der Waals surface area contributed by atoms with Gasteiger partial charge in [-0.25, -0.2) is 0 Å². The minimum Gasteiger partial charge on any atom is -0.496 e. The number of ether oxygens (including phenoxy) is 3. The molecule has 29 heavy (non-hydrogen) atoms. The van der Waals surface area contributed by atoms with Gasteiger partial charge in [-0.1, -0.05) is 30.3 Å². The Balaban J connectivity index is 1.56. The summed E-state index contributed by atoms with van der Waals surface area (Å²) in [5, 5.41) is 2.91. The Morgan fingerprint density at radius 2 is 1.59 bits per heavy atom. The zero-order valence-corrected chi connectivity index (χ0v) is 16.9. The van der Waals surface area contributed by atoms with E-state index in [2.05, 4.69) is 5.32 Å². The highest BCUT2D eigenvalue weighted by Gasteiger charge is 2.13. The van der Waals surface area contributed by atoms with Crippen LogP contribution in [0.5, 0.6) is 17.2 Å².